The molecule has 3 aromatic heterocycles. The lowest BCUT2D eigenvalue weighted by atomic mass is 10.2. The molecule has 1 N–H and O–H groups in total. The molecule has 4 aromatic rings. The number of amides is 2. The monoisotopic (exact) mass is 493 g/mol. The van der Waals surface area contributed by atoms with Crippen molar-refractivity contribution in [1.29, 1.82) is 0 Å². The Morgan fingerprint density at radius 1 is 1.19 bits per heavy atom. The van der Waals surface area contributed by atoms with E-state index in [0.717, 1.165) is 0 Å². The van der Waals surface area contributed by atoms with E-state index in [1.54, 1.807) is 53.0 Å². The Labute approximate surface area is 205 Å². The number of hydrogen-bond donors (Lipinski definition) is 1. The second-order valence-electron chi connectivity index (χ2n) is 8.11. The van der Waals surface area contributed by atoms with Crippen LogP contribution in [-0.2, 0) is 11.8 Å². The molecule has 1 fully saturated rings. The third kappa shape index (κ3) is 4.75. The van der Waals surface area contributed by atoms with Gasteiger partial charge in [-0.1, -0.05) is 12.1 Å². The van der Waals surface area contributed by atoms with Gasteiger partial charge in [0.15, 0.2) is 11.5 Å². The summed E-state index contributed by atoms with van der Waals surface area (Å²) in [6.07, 6.45) is 3.08. The summed E-state index contributed by atoms with van der Waals surface area (Å²) in [6, 6.07) is 10.4. The number of aryl methyl sites for hydroxylation is 1. The molecule has 1 aliphatic rings. The van der Waals surface area contributed by atoms with Gasteiger partial charge in [-0.2, -0.15) is 5.10 Å². The van der Waals surface area contributed by atoms with Gasteiger partial charge in [0.25, 0.3) is 11.8 Å². The average molecular weight is 493 g/mol. The fourth-order valence-corrected chi connectivity index (χ4v) is 3.95. The molecular weight excluding hydrogens is 469 g/mol. The molecule has 4 heterocycles. The number of rotatable bonds is 7. The molecule has 186 valence electrons. The van der Waals surface area contributed by atoms with E-state index in [-0.39, 0.29) is 23.8 Å². The van der Waals surface area contributed by atoms with Crippen LogP contribution in [0.25, 0.3) is 17.0 Å². The maximum Gasteiger partial charge on any atom is 0.274 e. The number of halogens is 1. The summed E-state index contributed by atoms with van der Waals surface area (Å²) >= 11 is 0. The number of anilines is 1. The molecular formula is C24H24FN7O4. The Morgan fingerprint density at radius 2 is 2.03 bits per heavy atom. The molecule has 1 aliphatic heterocycles. The molecule has 0 radical (unpaired) electrons. The molecule has 0 bridgehead atoms. The first-order chi connectivity index (χ1) is 17.5. The molecule has 0 saturated carbocycles. The number of pyridine rings is 1. The number of fused-ring (bicyclic) bond motifs is 1. The van der Waals surface area contributed by atoms with Gasteiger partial charge in [0, 0.05) is 43.7 Å². The van der Waals surface area contributed by atoms with E-state index >= 15 is 0 Å². The normalized spacial score (nSPS) is 13.7. The van der Waals surface area contributed by atoms with Gasteiger partial charge < -0.3 is 19.7 Å². The molecule has 0 atom stereocenters. The van der Waals surface area contributed by atoms with E-state index in [9.17, 15) is 14.0 Å². The average Bonchev–Trinajstić information content (AvgIpc) is 3.51. The number of carbonyl (C=O) groups is 2. The lowest BCUT2D eigenvalue weighted by molar-refractivity contribution is 0.0302. The van der Waals surface area contributed by atoms with Crippen molar-refractivity contribution in [2.75, 3.05) is 44.9 Å². The van der Waals surface area contributed by atoms with Crippen LogP contribution in [-0.4, -0.2) is 80.7 Å². The van der Waals surface area contributed by atoms with E-state index in [1.165, 1.54) is 10.9 Å². The zero-order valence-corrected chi connectivity index (χ0v) is 19.6. The molecule has 12 heteroatoms. The minimum atomic E-state index is -0.576. The van der Waals surface area contributed by atoms with Gasteiger partial charge in [0.2, 0.25) is 0 Å². The standard InChI is InChI=1S/C24H24FN7O4/c1-30-21(19(15-26-30)24(34)31-8-11-35-12-9-31)23(33)27-17-5-7-32-20(14-17)28-22(29-32)16-3-2-4-18(13-16)36-10-6-25/h2-5,7,13-15H,6,8-12H2,1H3,(H,27,33). The summed E-state index contributed by atoms with van der Waals surface area (Å²) in [6.45, 7) is 1.25. The Hall–Kier alpha value is -4.32. The van der Waals surface area contributed by atoms with E-state index in [4.69, 9.17) is 9.47 Å². The van der Waals surface area contributed by atoms with Crippen molar-refractivity contribution in [3.63, 3.8) is 0 Å². The molecule has 1 saturated heterocycles. The molecule has 0 unspecified atom stereocenters. The summed E-state index contributed by atoms with van der Waals surface area (Å²) < 4.78 is 26.0. The van der Waals surface area contributed by atoms with Crippen molar-refractivity contribution >= 4 is 23.1 Å². The predicted molar refractivity (Wildman–Crippen MR) is 128 cm³/mol. The Morgan fingerprint density at radius 3 is 2.83 bits per heavy atom. The highest BCUT2D eigenvalue weighted by molar-refractivity contribution is 6.11. The third-order valence-corrected chi connectivity index (χ3v) is 5.72. The van der Waals surface area contributed by atoms with Crippen LogP contribution in [0.3, 0.4) is 0 Å². The zero-order chi connectivity index (χ0) is 25.1. The summed E-state index contributed by atoms with van der Waals surface area (Å²) in [5.74, 6) is 0.255. The molecule has 2 amide bonds. The summed E-state index contributed by atoms with van der Waals surface area (Å²) in [7, 11) is 1.62. The summed E-state index contributed by atoms with van der Waals surface area (Å²) in [5.41, 5.74) is 2.10. The Kier molecular flexibility index (Phi) is 6.58. The number of morpholine rings is 1. The van der Waals surface area contributed by atoms with Gasteiger partial charge in [0.05, 0.1) is 25.0 Å². The molecule has 0 spiro atoms. The van der Waals surface area contributed by atoms with Crippen molar-refractivity contribution in [1.82, 2.24) is 29.3 Å². The molecule has 36 heavy (non-hydrogen) atoms. The first kappa shape index (κ1) is 23.4. The number of carbonyl (C=O) groups excluding carboxylic acids is 2. The van der Waals surface area contributed by atoms with Crippen LogP contribution in [0.15, 0.2) is 48.8 Å². The van der Waals surface area contributed by atoms with Crippen LogP contribution >= 0.6 is 0 Å². The lowest BCUT2D eigenvalue weighted by Crippen LogP contribution is -2.41. The molecule has 0 aliphatic carbocycles. The van der Waals surface area contributed by atoms with Crippen LogP contribution < -0.4 is 10.1 Å². The number of benzene rings is 1. The molecule has 1 aromatic carbocycles. The van der Waals surface area contributed by atoms with Crippen molar-refractivity contribution < 1.29 is 23.5 Å². The third-order valence-electron chi connectivity index (χ3n) is 5.72. The van der Waals surface area contributed by atoms with Gasteiger partial charge in [-0.15, -0.1) is 5.10 Å². The number of aromatic nitrogens is 5. The first-order valence-corrected chi connectivity index (χ1v) is 11.4. The van der Waals surface area contributed by atoms with Crippen LogP contribution in [0, 0.1) is 0 Å². The lowest BCUT2D eigenvalue weighted by Gasteiger charge is -2.26. The number of nitrogens with one attached hydrogen (secondary N) is 1. The van der Waals surface area contributed by atoms with E-state index in [1.807, 2.05) is 6.07 Å². The van der Waals surface area contributed by atoms with Crippen molar-refractivity contribution in [3.8, 4) is 17.1 Å². The maximum absolute atomic E-state index is 13.1. The highest BCUT2D eigenvalue weighted by Gasteiger charge is 2.27. The van der Waals surface area contributed by atoms with Crippen LogP contribution in [0.2, 0.25) is 0 Å². The van der Waals surface area contributed by atoms with Crippen LogP contribution in [0.1, 0.15) is 20.8 Å². The molecule has 5 rings (SSSR count). The quantitative estimate of drug-likeness (QED) is 0.420. The topological polar surface area (TPSA) is 116 Å². The smallest absolute Gasteiger partial charge is 0.274 e. The van der Waals surface area contributed by atoms with Gasteiger partial charge in [-0.05, 0) is 18.2 Å². The zero-order valence-electron chi connectivity index (χ0n) is 19.6. The van der Waals surface area contributed by atoms with E-state index in [0.29, 0.717) is 54.8 Å². The maximum atomic E-state index is 13.1. The van der Waals surface area contributed by atoms with Crippen molar-refractivity contribution in [3.05, 3.63) is 60.0 Å². The predicted octanol–water partition coefficient (Wildman–Crippen LogP) is 2.20. The van der Waals surface area contributed by atoms with Gasteiger partial charge >= 0.3 is 0 Å². The summed E-state index contributed by atoms with van der Waals surface area (Å²) in [5, 5.41) is 11.4. The number of nitrogens with zero attached hydrogens (tertiary/aromatic N) is 6. The fraction of sp³-hybridized carbons (Fsp3) is 0.292. The second-order valence-corrected chi connectivity index (χ2v) is 8.11. The highest BCUT2D eigenvalue weighted by Crippen LogP contribution is 2.23. The fourth-order valence-electron chi connectivity index (χ4n) is 3.95. The second kappa shape index (κ2) is 10.1. The van der Waals surface area contributed by atoms with E-state index in [2.05, 4.69) is 20.5 Å². The Balaban J connectivity index is 1.36. The first-order valence-electron chi connectivity index (χ1n) is 11.4. The van der Waals surface area contributed by atoms with Crippen molar-refractivity contribution in [2.45, 2.75) is 0 Å². The van der Waals surface area contributed by atoms with E-state index < -0.39 is 12.6 Å². The molecule has 11 nitrogen and oxygen atoms in total. The summed E-state index contributed by atoms with van der Waals surface area (Å²) in [4.78, 5) is 32.3. The Bertz CT molecular complexity index is 1410. The van der Waals surface area contributed by atoms with Gasteiger partial charge in [-0.3, -0.25) is 14.3 Å². The number of hydrogen-bond acceptors (Lipinski definition) is 7. The van der Waals surface area contributed by atoms with Crippen molar-refractivity contribution in [2.24, 2.45) is 7.05 Å². The van der Waals surface area contributed by atoms with Crippen LogP contribution in [0.4, 0.5) is 10.1 Å². The number of alkyl halides is 1. The number of ether oxygens (including phenoxy) is 2. The highest BCUT2D eigenvalue weighted by atomic mass is 19.1. The largest absolute Gasteiger partial charge is 0.491 e. The minimum absolute atomic E-state index is 0.0263. The van der Waals surface area contributed by atoms with Gasteiger partial charge in [-0.25, -0.2) is 13.9 Å². The van der Waals surface area contributed by atoms with Gasteiger partial charge in [0.1, 0.15) is 24.7 Å². The minimum Gasteiger partial charge on any atom is -0.491 e. The van der Waals surface area contributed by atoms with Crippen LogP contribution in [0.5, 0.6) is 5.75 Å². The SMILES string of the molecule is Cn1ncc(C(=O)N2CCOCC2)c1C(=O)Nc1ccn2nc(-c3cccc(OCCF)c3)nc2c1.